The molecule has 1 aliphatic heterocycles. The van der Waals surface area contributed by atoms with Gasteiger partial charge in [0, 0.05) is 36.2 Å². The number of halogens is 1. The molecule has 0 aromatic heterocycles. The van der Waals surface area contributed by atoms with Gasteiger partial charge in [-0.05, 0) is 31.0 Å². The summed E-state index contributed by atoms with van der Waals surface area (Å²) in [5.41, 5.74) is 6.97. The van der Waals surface area contributed by atoms with Gasteiger partial charge in [-0.2, -0.15) is 11.8 Å². The third-order valence-electron chi connectivity index (χ3n) is 3.92. The first-order chi connectivity index (χ1) is 9.03. The average molecular weight is 282 g/mol. The van der Waals surface area contributed by atoms with Crippen LogP contribution in [0.25, 0.3) is 0 Å². The molecule has 1 aliphatic rings. The Labute approximate surface area is 119 Å². The van der Waals surface area contributed by atoms with Gasteiger partial charge in [0.05, 0.1) is 0 Å². The van der Waals surface area contributed by atoms with Crippen molar-refractivity contribution < 1.29 is 4.39 Å². The molecule has 1 aromatic rings. The van der Waals surface area contributed by atoms with E-state index in [0.29, 0.717) is 11.8 Å². The zero-order valence-corrected chi connectivity index (χ0v) is 12.5. The molecule has 2 nitrogen and oxygen atoms in total. The maximum atomic E-state index is 13.3. The lowest BCUT2D eigenvalue weighted by molar-refractivity contribution is 0.116. The molecule has 4 heteroatoms. The summed E-state index contributed by atoms with van der Waals surface area (Å²) in [5.74, 6) is 0.986. The van der Waals surface area contributed by atoms with E-state index in [1.165, 1.54) is 6.07 Å². The van der Waals surface area contributed by atoms with Crippen molar-refractivity contribution in [2.75, 3.05) is 25.4 Å². The molecule has 2 N–H and O–H groups in total. The van der Waals surface area contributed by atoms with E-state index in [-0.39, 0.29) is 11.4 Å². The molecule has 1 saturated heterocycles. The van der Waals surface area contributed by atoms with E-state index < -0.39 is 0 Å². The van der Waals surface area contributed by atoms with Crippen molar-refractivity contribution >= 4 is 11.8 Å². The Balaban J connectivity index is 2.13. The Morgan fingerprint density at radius 2 is 2.32 bits per heavy atom. The Kier molecular flexibility index (Phi) is 4.87. The van der Waals surface area contributed by atoms with E-state index in [0.717, 1.165) is 30.8 Å². The minimum atomic E-state index is -0.167. The lowest BCUT2D eigenvalue weighted by Crippen LogP contribution is -2.57. The molecule has 106 valence electrons. The van der Waals surface area contributed by atoms with Crippen molar-refractivity contribution in [2.45, 2.75) is 31.1 Å². The summed E-state index contributed by atoms with van der Waals surface area (Å²) in [4.78, 5) is 2.47. The Hall–Kier alpha value is -0.580. The normalized spacial score (nSPS) is 24.1. The summed E-state index contributed by atoms with van der Waals surface area (Å²) in [6, 6.07) is 6.87. The molecule has 0 bridgehead atoms. The van der Waals surface area contributed by atoms with Gasteiger partial charge in [-0.25, -0.2) is 4.39 Å². The maximum absolute atomic E-state index is 13.3. The number of rotatable bonds is 4. The highest BCUT2D eigenvalue weighted by atomic mass is 32.2. The monoisotopic (exact) mass is 282 g/mol. The van der Waals surface area contributed by atoms with Crippen LogP contribution in [0.3, 0.4) is 0 Å². The fourth-order valence-electron chi connectivity index (χ4n) is 2.71. The predicted octanol–water partition coefficient (Wildman–Crippen LogP) is 2.52. The molecule has 1 aromatic carbocycles. The van der Waals surface area contributed by atoms with Gasteiger partial charge in [-0.15, -0.1) is 0 Å². The molecule has 2 unspecified atom stereocenters. The van der Waals surface area contributed by atoms with Gasteiger partial charge in [0.25, 0.3) is 0 Å². The van der Waals surface area contributed by atoms with Gasteiger partial charge >= 0.3 is 0 Å². The molecule has 0 spiro atoms. The quantitative estimate of drug-likeness (QED) is 0.920. The fourth-order valence-corrected chi connectivity index (χ4v) is 3.72. The second kappa shape index (κ2) is 6.25. The Morgan fingerprint density at radius 3 is 2.95 bits per heavy atom. The van der Waals surface area contributed by atoms with Gasteiger partial charge < -0.3 is 5.73 Å². The molecule has 2 atom stereocenters. The van der Waals surface area contributed by atoms with Crippen LogP contribution in [0.5, 0.6) is 0 Å². The summed E-state index contributed by atoms with van der Waals surface area (Å²) >= 11 is 2.01. The number of thioether (sulfide) groups is 1. The van der Waals surface area contributed by atoms with Crippen LogP contribution in [0.15, 0.2) is 24.3 Å². The summed E-state index contributed by atoms with van der Waals surface area (Å²) in [5, 5.41) is 0.645. The van der Waals surface area contributed by atoms with Crippen molar-refractivity contribution in [2.24, 2.45) is 5.73 Å². The van der Waals surface area contributed by atoms with E-state index in [1.807, 2.05) is 17.8 Å². The van der Waals surface area contributed by atoms with Crippen LogP contribution in [0.2, 0.25) is 0 Å². The number of hydrogen-bond acceptors (Lipinski definition) is 3. The zero-order valence-electron chi connectivity index (χ0n) is 11.7. The van der Waals surface area contributed by atoms with E-state index in [2.05, 4.69) is 18.7 Å². The van der Waals surface area contributed by atoms with Crippen LogP contribution in [0.1, 0.15) is 19.4 Å². The minimum absolute atomic E-state index is 0.0803. The minimum Gasteiger partial charge on any atom is -0.329 e. The second-order valence-corrected chi connectivity index (χ2v) is 7.18. The highest BCUT2D eigenvalue weighted by Crippen LogP contribution is 2.27. The van der Waals surface area contributed by atoms with Gasteiger partial charge in [0.2, 0.25) is 0 Å². The van der Waals surface area contributed by atoms with Gasteiger partial charge in [0.15, 0.2) is 0 Å². The first-order valence-electron chi connectivity index (χ1n) is 6.85. The molecule has 0 saturated carbocycles. The van der Waals surface area contributed by atoms with E-state index in [9.17, 15) is 4.39 Å². The van der Waals surface area contributed by atoms with Gasteiger partial charge in [-0.3, -0.25) is 4.90 Å². The number of benzene rings is 1. The third-order valence-corrected chi connectivity index (χ3v) is 5.05. The lowest BCUT2D eigenvalue weighted by atomic mass is 9.90. The van der Waals surface area contributed by atoms with Crippen LogP contribution in [0, 0.1) is 5.82 Å². The van der Waals surface area contributed by atoms with Crippen LogP contribution in [-0.4, -0.2) is 41.1 Å². The molecule has 0 amide bonds. The molecule has 1 heterocycles. The van der Waals surface area contributed by atoms with Crippen molar-refractivity contribution in [1.82, 2.24) is 4.90 Å². The largest absolute Gasteiger partial charge is 0.329 e. The molecular formula is C15H23FN2S. The van der Waals surface area contributed by atoms with Crippen molar-refractivity contribution in [3.8, 4) is 0 Å². The summed E-state index contributed by atoms with van der Waals surface area (Å²) in [6.45, 7) is 7.18. The number of nitrogens with two attached hydrogens (primary N) is 1. The smallest absolute Gasteiger partial charge is 0.123 e. The summed E-state index contributed by atoms with van der Waals surface area (Å²) in [7, 11) is 0. The van der Waals surface area contributed by atoms with Crippen molar-refractivity contribution in [3.63, 3.8) is 0 Å². The zero-order chi connectivity index (χ0) is 13.9. The van der Waals surface area contributed by atoms with Crippen LogP contribution >= 0.6 is 11.8 Å². The van der Waals surface area contributed by atoms with E-state index in [4.69, 9.17) is 5.73 Å². The van der Waals surface area contributed by atoms with Crippen LogP contribution < -0.4 is 5.73 Å². The molecule has 0 radical (unpaired) electrons. The number of nitrogens with zero attached hydrogens (tertiary/aromatic N) is 1. The van der Waals surface area contributed by atoms with Crippen molar-refractivity contribution in [1.29, 1.82) is 0 Å². The Morgan fingerprint density at radius 1 is 1.53 bits per heavy atom. The van der Waals surface area contributed by atoms with E-state index >= 15 is 0 Å². The molecule has 0 aliphatic carbocycles. The fraction of sp³-hybridized carbons (Fsp3) is 0.600. The highest BCUT2D eigenvalue weighted by Gasteiger charge is 2.33. The van der Waals surface area contributed by atoms with Crippen molar-refractivity contribution in [3.05, 3.63) is 35.6 Å². The second-order valence-electron chi connectivity index (χ2n) is 5.64. The highest BCUT2D eigenvalue weighted by molar-refractivity contribution is 7.99. The first kappa shape index (κ1) is 14.8. The maximum Gasteiger partial charge on any atom is 0.123 e. The topological polar surface area (TPSA) is 29.3 Å². The molecule has 2 rings (SSSR count). The lowest BCUT2D eigenvalue weighted by Gasteiger charge is -2.44. The summed E-state index contributed by atoms with van der Waals surface area (Å²) in [6.07, 6.45) is 0.804. The predicted molar refractivity (Wildman–Crippen MR) is 81.1 cm³/mol. The molecular weight excluding hydrogens is 259 g/mol. The average Bonchev–Trinajstić information content (AvgIpc) is 2.38. The van der Waals surface area contributed by atoms with Gasteiger partial charge in [0.1, 0.15) is 5.82 Å². The van der Waals surface area contributed by atoms with Crippen LogP contribution in [0.4, 0.5) is 4.39 Å². The molecule has 19 heavy (non-hydrogen) atoms. The van der Waals surface area contributed by atoms with Crippen LogP contribution in [-0.2, 0) is 6.42 Å². The molecule has 1 fully saturated rings. The van der Waals surface area contributed by atoms with Gasteiger partial charge in [-0.1, -0.05) is 19.1 Å². The first-order valence-corrected chi connectivity index (χ1v) is 7.89. The third kappa shape index (κ3) is 3.71. The summed E-state index contributed by atoms with van der Waals surface area (Å²) < 4.78 is 13.3. The SMILES string of the molecule is CC1CN(C(C)(CN)Cc2cccc(F)c2)CCS1. The standard InChI is InChI=1S/C15H23FN2S/c1-12-10-18(6-7-19-12)15(2,11-17)9-13-4-3-5-14(16)8-13/h3-5,8,12H,6-7,9-11,17H2,1-2H3. The van der Waals surface area contributed by atoms with E-state index in [1.54, 1.807) is 12.1 Å². The Bertz CT molecular complexity index is 426. The number of hydrogen-bond donors (Lipinski definition) is 1.